The highest BCUT2D eigenvalue weighted by Crippen LogP contribution is 2.30. The molecule has 0 spiro atoms. The highest BCUT2D eigenvalue weighted by Gasteiger charge is 2.17. The molecule has 0 saturated heterocycles. The number of aromatic nitrogens is 2. The molecule has 1 N–H and O–H groups in total. The van der Waals surface area contributed by atoms with Crippen LogP contribution in [0.1, 0.15) is 16.1 Å². The molecule has 1 aromatic heterocycles. The Morgan fingerprint density at radius 1 is 1.08 bits per heavy atom. The van der Waals surface area contributed by atoms with Gasteiger partial charge in [-0.2, -0.15) is 0 Å². The second-order valence-corrected chi connectivity index (χ2v) is 7.77. The minimum absolute atomic E-state index is 0.278. The van der Waals surface area contributed by atoms with Crippen LogP contribution in [0.4, 0.5) is 5.69 Å². The average molecular weight is 402 g/mol. The number of carbonyl (C=O) groups is 1. The Labute approximate surface area is 165 Å². The lowest BCUT2D eigenvalue weighted by Crippen LogP contribution is -2.15. The van der Waals surface area contributed by atoms with E-state index < -0.39 is 0 Å². The van der Waals surface area contributed by atoms with Gasteiger partial charge in [-0.25, -0.2) is 9.97 Å². The van der Waals surface area contributed by atoms with E-state index >= 15 is 0 Å². The maximum absolute atomic E-state index is 12.8. The number of amides is 1. The lowest BCUT2D eigenvalue weighted by atomic mass is 10.2. The van der Waals surface area contributed by atoms with Crippen molar-refractivity contribution in [3.63, 3.8) is 0 Å². The van der Waals surface area contributed by atoms with Crippen LogP contribution in [0.2, 0.25) is 5.02 Å². The number of nitrogens with one attached hydrogen (secondary N) is 1. The maximum Gasteiger partial charge on any atom is 0.275 e. The molecule has 0 atom stereocenters. The van der Waals surface area contributed by atoms with Gasteiger partial charge in [0, 0.05) is 21.8 Å². The van der Waals surface area contributed by atoms with Gasteiger partial charge in [0.15, 0.2) is 5.16 Å². The van der Waals surface area contributed by atoms with Gasteiger partial charge in [0.05, 0.1) is 4.90 Å². The minimum atomic E-state index is -0.278. The van der Waals surface area contributed by atoms with Crippen LogP contribution in [0, 0.1) is 6.92 Å². The molecule has 7 heteroatoms. The lowest BCUT2D eigenvalue weighted by Gasteiger charge is -2.10. The van der Waals surface area contributed by atoms with Gasteiger partial charge in [0.25, 0.3) is 5.91 Å². The third kappa shape index (κ3) is 4.78. The largest absolute Gasteiger partial charge is 0.321 e. The number of hydrogen-bond acceptors (Lipinski definition) is 5. The molecule has 0 aliphatic rings. The predicted octanol–water partition coefficient (Wildman–Crippen LogP) is 5.56. The summed E-state index contributed by atoms with van der Waals surface area (Å²) in [6, 6.07) is 15.1. The third-order valence-electron chi connectivity index (χ3n) is 3.48. The second-order valence-electron chi connectivity index (χ2n) is 5.45. The van der Waals surface area contributed by atoms with E-state index in [0.29, 0.717) is 26.5 Å². The van der Waals surface area contributed by atoms with Crippen molar-refractivity contribution in [1.29, 1.82) is 0 Å². The first-order chi connectivity index (χ1) is 12.5. The van der Waals surface area contributed by atoms with E-state index in [0.717, 1.165) is 4.90 Å². The third-order valence-corrected chi connectivity index (χ3v) is 5.32. The Hall–Kier alpha value is -2.02. The summed E-state index contributed by atoms with van der Waals surface area (Å²) in [6.07, 6.45) is 3.57. The van der Waals surface area contributed by atoms with Crippen LogP contribution in [0.3, 0.4) is 0 Å². The topological polar surface area (TPSA) is 54.9 Å². The van der Waals surface area contributed by atoms with E-state index in [1.54, 1.807) is 30.5 Å². The summed E-state index contributed by atoms with van der Waals surface area (Å²) < 4.78 is 0. The zero-order valence-corrected chi connectivity index (χ0v) is 16.6. The van der Waals surface area contributed by atoms with E-state index in [1.165, 1.54) is 29.1 Å². The molecule has 0 radical (unpaired) electrons. The zero-order valence-electron chi connectivity index (χ0n) is 14.2. The quantitative estimate of drug-likeness (QED) is 0.447. The number of hydrogen-bond donors (Lipinski definition) is 1. The van der Waals surface area contributed by atoms with Gasteiger partial charge in [0.2, 0.25) is 0 Å². The van der Waals surface area contributed by atoms with Crippen LogP contribution < -0.4 is 5.32 Å². The Morgan fingerprint density at radius 2 is 1.77 bits per heavy atom. The van der Waals surface area contributed by atoms with Crippen molar-refractivity contribution >= 4 is 46.7 Å². The fourth-order valence-electron chi connectivity index (χ4n) is 2.15. The van der Waals surface area contributed by atoms with Crippen LogP contribution in [0.15, 0.2) is 69.7 Å². The number of nitrogens with zero attached hydrogens (tertiary/aromatic N) is 2. The molecule has 4 nitrogen and oxygen atoms in total. The first-order valence-electron chi connectivity index (χ1n) is 7.77. The second kappa shape index (κ2) is 8.58. The number of aryl methyl sites for hydroxylation is 1. The van der Waals surface area contributed by atoms with E-state index in [9.17, 15) is 4.79 Å². The average Bonchev–Trinajstić information content (AvgIpc) is 2.65. The summed E-state index contributed by atoms with van der Waals surface area (Å²) in [5, 5.41) is 4.03. The number of thioether (sulfide) groups is 1. The summed E-state index contributed by atoms with van der Waals surface area (Å²) in [7, 11) is 0. The van der Waals surface area contributed by atoms with Gasteiger partial charge in [-0.05, 0) is 49.6 Å². The summed E-state index contributed by atoms with van der Waals surface area (Å²) in [6.45, 7) is 2.04. The predicted molar refractivity (Wildman–Crippen MR) is 109 cm³/mol. The van der Waals surface area contributed by atoms with E-state index in [4.69, 9.17) is 11.6 Å². The van der Waals surface area contributed by atoms with Gasteiger partial charge in [-0.1, -0.05) is 52.8 Å². The molecule has 132 valence electrons. The minimum Gasteiger partial charge on any atom is -0.321 e. The van der Waals surface area contributed by atoms with Crippen LogP contribution in [0.25, 0.3) is 0 Å². The molecule has 26 heavy (non-hydrogen) atoms. The zero-order chi connectivity index (χ0) is 18.5. The molecule has 0 saturated carbocycles. The Bertz CT molecular complexity index is 915. The number of halogens is 1. The molecule has 0 unspecified atom stereocenters. The molecular weight excluding hydrogens is 386 g/mol. The SMILES string of the molecule is CSc1ncc(Sc2ccc(C)cc2)c(C(=O)Nc2ccc(Cl)cc2)n1. The molecule has 3 rings (SSSR count). The van der Waals surface area contributed by atoms with E-state index in [-0.39, 0.29) is 5.91 Å². The summed E-state index contributed by atoms with van der Waals surface area (Å²) in [5.41, 5.74) is 2.20. The number of carbonyl (C=O) groups excluding carboxylic acids is 1. The highest BCUT2D eigenvalue weighted by atomic mass is 35.5. The molecular formula is C19H16ClN3OS2. The van der Waals surface area contributed by atoms with Crippen LogP contribution in [-0.2, 0) is 0 Å². The number of benzene rings is 2. The fraction of sp³-hybridized carbons (Fsp3) is 0.105. The van der Waals surface area contributed by atoms with Gasteiger partial charge >= 0.3 is 0 Å². The van der Waals surface area contributed by atoms with Crippen molar-refractivity contribution in [2.75, 3.05) is 11.6 Å². The van der Waals surface area contributed by atoms with Crippen molar-refractivity contribution < 1.29 is 4.79 Å². The smallest absolute Gasteiger partial charge is 0.275 e. The molecule has 3 aromatic rings. The van der Waals surface area contributed by atoms with Gasteiger partial charge in [-0.15, -0.1) is 0 Å². The first-order valence-corrected chi connectivity index (χ1v) is 10.2. The molecule has 0 bridgehead atoms. The van der Waals surface area contributed by atoms with Crippen LogP contribution in [-0.4, -0.2) is 22.1 Å². The summed E-state index contributed by atoms with van der Waals surface area (Å²) in [5.74, 6) is -0.278. The molecule has 1 heterocycles. The van der Waals surface area contributed by atoms with Gasteiger partial charge in [0.1, 0.15) is 5.69 Å². The van der Waals surface area contributed by atoms with Crippen molar-refractivity contribution in [1.82, 2.24) is 9.97 Å². The molecule has 0 aliphatic heterocycles. The molecule has 0 fully saturated rings. The monoisotopic (exact) mass is 401 g/mol. The molecule has 2 aromatic carbocycles. The van der Waals surface area contributed by atoms with Crippen molar-refractivity contribution in [3.8, 4) is 0 Å². The summed E-state index contributed by atoms with van der Waals surface area (Å²) >= 11 is 8.76. The number of anilines is 1. The summed E-state index contributed by atoms with van der Waals surface area (Å²) in [4.78, 5) is 23.2. The Morgan fingerprint density at radius 3 is 2.42 bits per heavy atom. The lowest BCUT2D eigenvalue weighted by molar-refractivity contribution is 0.101. The van der Waals surface area contributed by atoms with Crippen molar-refractivity contribution in [2.45, 2.75) is 21.9 Å². The van der Waals surface area contributed by atoms with Gasteiger partial charge in [-0.3, -0.25) is 4.79 Å². The van der Waals surface area contributed by atoms with E-state index in [2.05, 4.69) is 15.3 Å². The van der Waals surface area contributed by atoms with Crippen molar-refractivity contribution in [3.05, 3.63) is 71.0 Å². The van der Waals surface area contributed by atoms with Crippen LogP contribution >= 0.6 is 35.1 Å². The van der Waals surface area contributed by atoms with Gasteiger partial charge < -0.3 is 5.32 Å². The first kappa shape index (κ1) is 18.8. The maximum atomic E-state index is 12.8. The molecule has 0 aliphatic carbocycles. The van der Waals surface area contributed by atoms with Crippen LogP contribution in [0.5, 0.6) is 0 Å². The molecule has 1 amide bonds. The standard InChI is InChI=1S/C19H16ClN3OS2/c1-12-3-9-15(10-4-12)26-16-11-21-19(25-2)23-17(16)18(24)22-14-7-5-13(20)6-8-14/h3-11H,1-2H3,(H,22,24). The Balaban J connectivity index is 1.89. The highest BCUT2D eigenvalue weighted by molar-refractivity contribution is 7.99. The normalized spacial score (nSPS) is 10.6. The van der Waals surface area contributed by atoms with E-state index in [1.807, 2.05) is 37.4 Å². The Kier molecular flexibility index (Phi) is 6.19. The van der Waals surface area contributed by atoms with Crippen molar-refractivity contribution in [2.24, 2.45) is 0 Å². The number of rotatable bonds is 5. The fourth-order valence-corrected chi connectivity index (χ4v) is 3.48.